The van der Waals surface area contributed by atoms with Gasteiger partial charge in [0.1, 0.15) is 5.82 Å². The van der Waals surface area contributed by atoms with Crippen molar-refractivity contribution < 1.29 is 26.0 Å². The third-order valence-electron chi connectivity index (χ3n) is 1.93. The van der Waals surface area contributed by atoms with Crippen molar-refractivity contribution in [1.82, 2.24) is 3.71 Å². The minimum absolute atomic E-state index is 0.0991. The number of nitrogens with zero attached hydrogens (tertiary/aromatic N) is 2. The van der Waals surface area contributed by atoms with Crippen molar-refractivity contribution in [3.8, 4) is 0 Å². The van der Waals surface area contributed by atoms with E-state index in [1.165, 1.54) is 0 Å². The smallest absolute Gasteiger partial charge is 0.210 e. The second kappa shape index (κ2) is 4.94. The van der Waals surface area contributed by atoms with Crippen molar-refractivity contribution in [2.75, 3.05) is 7.05 Å². The highest BCUT2D eigenvalue weighted by Gasteiger charge is 2.31. The minimum Gasteiger partial charge on any atom is -0.210 e. The number of isocyanates is 1. The molecule has 0 fully saturated rings. The summed E-state index contributed by atoms with van der Waals surface area (Å²) in [6.07, 6.45) is 0.742. The first-order chi connectivity index (χ1) is 8.21. The van der Waals surface area contributed by atoms with Gasteiger partial charge < -0.3 is 0 Å². The van der Waals surface area contributed by atoms with Gasteiger partial charge in [-0.3, -0.25) is 0 Å². The van der Waals surface area contributed by atoms with Gasteiger partial charge in [0.2, 0.25) is 0 Å². The Hall–Kier alpha value is -1.61. The van der Waals surface area contributed by atoms with Gasteiger partial charge in [0.25, 0.3) is 16.1 Å². The average molecular weight is 294 g/mol. The summed E-state index contributed by atoms with van der Waals surface area (Å²) in [6, 6.07) is 3.50. The van der Waals surface area contributed by atoms with Crippen LogP contribution < -0.4 is 0 Å². The van der Waals surface area contributed by atoms with E-state index in [0.717, 1.165) is 30.3 Å². The fraction of sp³-hybridized carbons (Fsp3) is 0.125. The second-order valence-corrected chi connectivity index (χ2v) is 6.83. The Morgan fingerprint density at radius 2 is 1.67 bits per heavy atom. The molecule has 0 aliphatic carbocycles. The summed E-state index contributed by atoms with van der Waals surface area (Å²) < 4.78 is 61.1. The monoisotopic (exact) mass is 294 g/mol. The highest BCUT2D eigenvalue weighted by molar-refractivity contribution is 8.03. The van der Waals surface area contributed by atoms with E-state index in [9.17, 15) is 26.0 Å². The molecule has 0 radical (unpaired) electrons. The molecule has 10 heteroatoms. The molecule has 0 aromatic heterocycles. The van der Waals surface area contributed by atoms with Crippen LogP contribution in [0.1, 0.15) is 0 Å². The maximum absolute atomic E-state index is 12.6. The van der Waals surface area contributed by atoms with Gasteiger partial charge in [0, 0.05) is 7.05 Å². The lowest BCUT2D eigenvalue weighted by Gasteiger charge is -2.13. The van der Waals surface area contributed by atoms with Crippen molar-refractivity contribution >= 4 is 26.3 Å². The Morgan fingerprint density at radius 1 is 1.17 bits per heavy atom. The predicted octanol–water partition coefficient (Wildman–Crippen LogP) is 0.0268. The SMILES string of the molecule is CN(S(=O)(=O)N=C=O)S(=O)(=O)c1ccc(F)cc1. The molecule has 0 N–H and O–H groups in total. The van der Waals surface area contributed by atoms with E-state index in [2.05, 4.69) is 4.40 Å². The highest BCUT2D eigenvalue weighted by atomic mass is 32.3. The molecule has 0 amide bonds. The van der Waals surface area contributed by atoms with Crippen LogP contribution in [0.15, 0.2) is 33.6 Å². The molecular formula is C8H7FN2O5S2. The van der Waals surface area contributed by atoms with E-state index >= 15 is 0 Å². The Bertz CT molecular complexity index is 690. The third-order valence-corrected chi connectivity index (χ3v) is 5.58. The topological polar surface area (TPSA) is 101 Å². The second-order valence-electron chi connectivity index (χ2n) is 3.00. The summed E-state index contributed by atoms with van der Waals surface area (Å²) in [5, 5.41) is 0. The number of benzene rings is 1. The van der Waals surface area contributed by atoms with Crippen molar-refractivity contribution in [3.63, 3.8) is 0 Å². The summed E-state index contributed by atoms with van der Waals surface area (Å²) in [4.78, 5) is 9.44. The van der Waals surface area contributed by atoms with Crippen LogP contribution in [0.3, 0.4) is 0 Å². The summed E-state index contributed by atoms with van der Waals surface area (Å²) in [5.41, 5.74) is 0. The molecule has 0 atom stereocenters. The normalized spacial score (nSPS) is 12.2. The zero-order valence-electron chi connectivity index (χ0n) is 8.94. The van der Waals surface area contributed by atoms with Gasteiger partial charge in [0.15, 0.2) is 0 Å². The Morgan fingerprint density at radius 3 is 2.11 bits per heavy atom. The lowest BCUT2D eigenvalue weighted by Crippen LogP contribution is -2.31. The number of sulfonamides is 1. The maximum Gasteiger partial charge on any atom is 0.345 e. The first-order valence-corrected chi connectivity index (χ1v) is 7.14. The van der Waals surface area contributed by atoms with Crippen LogP contribution in [0.25, 0.3) is 0 Å². The first kappa shape index (κ1) is 14.5. The molecule has 18 heavy (non-hydrogen) atoms. The van der Waals surface area contributed by atoms with E-state index in [1.807, 2.05) is 0 Å². The number of carbonyl (C=O) groups excluding carboxylic acids is 1. The van der Waals surface area contributed by atoms with Crippen LogP contribution >= 0.6 is 0 Å². The van der Waals surface area contributed by atoms with E-state index in [1.54, 1.807) is 0 Å². The average Bonchev–Trinajstić information content (AvgIpc) is 2.28. The fourth-order valence-corrected chi connectivity index (χ4v) is 3.32. The molecule has 0 bridgehead atoms. The van der Waals surface area contributed by atoms with Gasteiger partial charge in [-0.15, -0.1) is 0 Å². The maximum atomic E-state index is 12.6. The van der Waals surface area contributed by atoms with Gasteiger partial charge in [0.05, 0.1) is 4.90 Å². The van der Waals surface area contributed by atoms with Crippen LogP contribution in [0.5, 0.6) is 0 Å². The molecule has 0 saturated carbocycles. The lowest BCUT2D eigenvalue weighted by atomic mass is 10.4. The molecule has 0 spiro atoms. The molecule has 0 unspecified atom stereocenters. The van der Waals surface area contributed by atoms with E-state index in [4.69, 9.17) is 0 Å². The van der Waals surface area contributed by atoms with Crippen LogP contribution in [0, 0.1) is 5.82 Å². The molecule has 1 aromatic carbocycles. The van der Waals surface area contributed by atoms with Crippen LogP contribution in [0.4, 0.5) is 4.39 Å². The van der Waals surface area contributed by atoms with Crippen molar-refractivity contribution in [2.45, 2.75) is 4.90 Å². The molecule has 1 aromatic rings. The quantitative estimate of drug-likeness (QED) is 0.576. The predicted molar refractivity (Wildman–Crippen MR) is 58.4 cm³/mol. The molecule has 98 valence electrons. The summed E-state index contributed by atoms with van der Waals surface area (Å²) >= 11 is 0. The Balaban J connectivity index is 3.32. The van der Waals surface area contributed by atoms with Gasteiger partial charge in [-0.2, -0.15) is 8.42 Å². The van der Waals surface area contributed by atoms with E-state index in [-0.39, 0.29) is 3.71 Å². The summed E-state index contributed by atoms with van der Waals surface area (Å²) in [7, 11) is -8.40. The largest absolute Gasteiger partial charge is 0.345 e. The van der Waals surface area contributed by atoms with Crippen molar-refractivity contribution in [3.05, 3.63) is 30.1 Å². The third kappa shape index (κ3) is 2.79. The molecular weight excluding hydrogens is 287 g/mol. The number of rotatable bonds is 4. The van der Waals surface area contributed by atoms with Crippen molar-refractivity contribution in [1.29, 1.82) is 0 Å². The van der Waals surface area contributed by atoms with Gasteiger partial charge in [-0.1, -0.05) is 8.11 Å². The highest BCUT2D eigenvalue weighted by Crippen LogP contribution is 2.18. The van der Waals surface area contributed by atoms with E-state index < -0.39 is 30.9 Å². The first-order valence-electron chi connectivity index (χ1n) is 4.30. The zero-order valence-corrected chi connectivity index (χ0v) is 10.6. The Labute approximate surface area is 103 Å². The van der Waals surface area contributed by atoms with Crippen LogP contribution in [0.2, 0.25) is 0 Å². The number of halogens is 1. The van der Waals surface area contributed by atoms with Gasteiger partial charge >= 0.3 is 10.2 Å². The van der Waals surface area contributed by atoms with Gasteiger partial charge in [-0.05, 0) is 24.3 Å². The van der Waals surface area contributed by atoms with Crippen LogP contribution in [-0.2, 0) is 25.0 Å². The number of hydrogen-bond donors (Lipinski definition) is 0. The zero-order chi connectivity index (χ0) is 14.0. The standard InChI is InChI=1S/C8H7FN2O5S2/c1-11(18(15,16)10-6-12)17(13,14)8-4-2-7(9)3-5-8/h2-5H,1H3. The molecule has 1 rings (SSSR count). The van der Waals surface area contributed by atoms with Crippen molar-refractivity contribution in [2.24, 2.45) is 4.40 Å². The number of hydrogen-bond acceptors (Lipinski definition) is 5. The molecule has 0 aliphatic rings. The van der Waals surface area contributed by atoms with Gasteiger partial charge in [-0.25, -0.2) is 17.6 Å². The fourth-order valence-electron chi connectivity index (χ4n) is 0.984. The minimum atomic E-state index is -4.67. The molecule has 7 nitrogen and oxygen atoms in total. The molecule has 0 heterocycles. The Kier molecular flexibility index (Phi) is 3.97. The summed E-state index contributed by atoms with van der Waals surface area (Å²) in [6.45, 7) is 0. The van der Waals surface area contributed by atoms with Crippen LogP contribution in [-0.4, -0.2) is 33.7 Å². The van der Waals surface area contributed by atoms with E-state index in [0.29, 0.717) is 7.05 Å². The molecule has 0 saturated heterocycles. The lowest BCUT2D eigenvalue weighted by molar-refractivity contribution is 0.525. The summed E-state index contributed by atoms with van der Waals surface area (Å²) in [5.74, 6) is -0.676. The molecule has 0 aliphatic heterocycles.